The molecular weight excluding hydrogens is 358 g/mol. The van der Waals surface area contributed by atoms with Gasteiger partial charge in [-0.2, -0.15) is 0 Å². The van der Waals surface area contributed by atoms with Gasteiger partial charge in [-0.15, -0.1) is 11.3 Å². The molecule has 2 rings (SSSR count). The van der Waals surface area contributed by atoms with E-state index in [0.717, 1.165) is 5.56 Å². The molecular formula is C21H29N3O2S. The van der Waals surface area contributed by atoms with Crippen LogP contribution < -0.4 is 0 Å². The average molecular weight is 388 g/mol. The van der Waals surface area contributed by atoms with Crippen LogP contribution in [0.3, 0.4) is 0 Å². The SMILES string of the molecule is Cc1ccsc1CN(Cc1ccccc1)C(=O)CN(C(=O)N(C)C)C(C)C. The summed E-state index contributed by atoms with van der Waals surface area (Å²) >= 11 is 1.66. The Bertz CT molecular complexity index is 756. The van der Waals surface area contributed by atoms with E-state index in [1.165, 1.54) is 15.3 Å². The fraction of sp³-hybridized carbons (Fsp3) is 0.429. The smallest absolute Gasteiger partial charge is 0.320 e. The lowest BCUT2D eigenvalue weighted by molar-refractivity contribution is -0.133. The Balaban J connectivity index is 2.21. The third-order valence-corrected chi connectivity index (χ3v) is 5.44. The van der Waals surface area contributed by atoms with Gasteiger partial charge in [0.05, 0.1) is 6.54 Å². The first-order valence-corrected chi connectivity index (χ1v) is 10.00. The first kappa shape index (κ1) is 21.0. The van der Waals surface area contributed by atoms with Gasteiger partial charge >= 0.3 is 6.03 Å². The number of aryl methyl sites for hydroxylation is 1. The molecule has 2 aromatic rings. The zero-order chi connectivity index (χ0) is 20.0. The Morgan fingerprint density at radius 2 is 1.70 bits per heavy atom. The fourth-order valence-corrected chi connectivity index (χ4v) is 3.67. The Labute approximate surface area is 166 Å². The average Bonchev–Trinajstić information content (AvgIpc) is 3.03. The molecule has 146 valence electrons. The summed E-state index contributed by atoms with van der Waals surface area (Å²) in [5.74, 6) is -0.0458. The van der Waals surface area contributed by atoms with Crippen LogP contribution in [-0.4, -0.2) is 53.3 Å². The minimum Gasteiger partial charge on any atom is -0.332 e. The number of urea groups is 1. The lowest BCUT2D eigenvalue weighted by Crippen LogP contribution is -2.49. The van der Waals surface area contributed by atoms with Crippen molar-refractivity contribution in [1.29, 1.82) is 0 Å². The highest BCUT2D eigenvalue weighted by Crippen LogP contribution is 2.20. The molecule has 1 aromatic heterocycles. The van der Waals surface area contributed by atoms with Crippen molar-refractivity contribution in [2.75, 3.05) is 20.6 Å². The number of benzene rings is 1. The van der Waals surface area contributed by atoms with Gasteiger partial charge in [0.1, 0.15) is 6.54 Å². The summed E-state index contributed by atoms with van der Waals surface area (Å²) in [6.07, 6.45) is 0. The minimum atomic E-state index is -0.148. The first-order chi connectivity index (χ1) is 12.8. The van der Waals surface area contributed by atoms with Gasteiger partial charge < -0.3 is 14.7 Å². The Kier molecular flexibility index (Phi) is 7.42. The Hall–Kier alpha value is -2.34. The molecule has 27 heavy (non-hydrogen) atoms. The number of thiophene rings is 1. The van der Waals surface area contributed by atoms with Crippen molar-refractivity contribution in [1.82, 2.24) is 14.7 Å². The zero-order valence-corrected chi connectivity index (χ0v) is 17.6. The number of nitrogens with zero attached hydrogens (tertiary/aromatic N) is 3. The Morgan fingerprint density at radius 3 is 2.22 bits per heavy atom. The van der Waals surface area contributed by atoms with Crippen LogP contribution >= 0.6 is 11.3 Å². The molecule has 0 aliphatic rings. The summed E-state index contributed by atoms with van der Waals surface area (Å²) < 4.78 is 0. The third-order valence-electron chi connectivity index (χ3n) is 4.43. The van der Waals surface area contributed by atoms with E-state index in [2.05, 4.69) is 13.0 Å². The van der Waals surface area contributed by atoms with Crippen LogP contribution in [0.2, 0.25) is 0 Å². The lowest BCUT2D eigenvalue weighted by atomic mass is 10.2. The molecule has 0 saturated carbocycles. The molecule has 0 unspecified atom stereocenters. The Morgan fingerprint density at radius 1 is 1.04 bits per heavy atom. The highest BCUT2D eigenvalue weighted by atomic mass is 32.1. The number of hydrogen-bond donors (Lipinski definition) is 0. The van der Waals surface area contributed by atoms with Crippen molar-refractivity contribution in [3.8, 4) is 0 Å². The number of amides is 3. The fourth-order valence-electron chi connectivity index (χ4n) is 2.75. The standard InChI is InChI=1S/C21H29N3O2S/c1-16(2)24(21(26)22(4)5)15-20(25)23(13-18-9-7-6-8-10-18)14-19-17(3)11-12-27-19/h6-12,16H,13-15H2,1-5H3. The third kappa shape index (κ3) is 5.82. The largest absolute Gasteiger partial charge is 0.332 e. The molecule has 1 aromatic carbocycles. The van der Waals surface area contributed by atoms with Crippen LogP contribution in [0.5, 0.6) is 0 Å². The molecule has 0 fully saturated rings. The molecule has 0 radical (unpaired) electrons. The van der Waals surface area contributed by atoms with Crippen molar-refractivity contribution in [2.24, 2.45) is 0 Å². The normalized spacial score (nSPS) is 10.7. The molecule has 5 nitrogen and oxygen atoms in total. The maximum Gasteiger partial charge on any atom is 0.320 e. The van der Waals surface area contributed by atoms with Crippen LogP contribution in [0.1, 0.15) is 29.9 Å². The van der Waals surface area contributed by atoms with Gasteiger partial charge in [-0.1, -0.05) is 30.3 Å². The van der Waals surface area contributed by atoms with E-state index in [1.807, 2.05) is 54.5 Å². The summed E-state index contributed by atoms with van der Waals surface area (Å²) in [5.41, 5.74) is 2.27. The van der Waals surface area contributed by atoms with Crippen LogP contribution in [-0.2, 0) is 17.9 Å². The van der Waals surface area contributed by atoms with Crippen LogP contribution in [0, 0.1) is 6.92 Å². The number of hydrogen-bond acceptors (Lipinski definition) is 3. The maximum atomic E-state index is 13.1. The second-order valence-electron chi connectivity index (χ2n) is 7.16. The van der Waals surface area contributed by atoms with Gasteiger partial charge in [0.25, 0.3) is 0 Å². The maximum absolute atomic E-state index is 13.1. The quantitative estimate of drug-likeness (QED) is 0.721. The van der Waals surface area contributed by atoms with E-state index < -0.39 is 0 Å². The van der Waals surface area contributed by atoms with E-state index >= 15 is 0 Å². The highest BCUT2D eigenvalue weighted by Gasteiger charge is 2.25. The molecule has 3 amide bonds. The van der Waals surface area contributed by atoms with Gasteiger partial charge in [0.15, 0.2) is 0 Å². The van der Waals surface area contributed by atoms with Gasteiger partial charge in [-0.3, -0.25) is 4.79 Å². The highest BCUT2D eigenvalue weighted by molar-refractivity contribution is 7.10. The van der Waals surface area contributed by atoms with Crippen LogP contribution in [0.4, 0.5) is 4.79 Å². The summed E-state index contributed by atoms with van der Waals surface area (Å²) in [7, 11) is 3.41. The monoisotopic (exact) mass is 387 g/mol. The number of rotatable bonds is 7. The van der Waals surface area contributed by atoms with Crippen molar-refractivity contribution >= 4 is 23.3 Å². The topological polar surface area (TPSA) is 43.9 Å². The summed E-state index contributed by atoms with van der Waals surface area (Å²) in [4.78, 5) is 31.7. The van der Waals surface area contributed by atoms with Gasteiger partial charge in [-0.05, 0) is 43.3 Å². The first-order valence-electron chi connectivity index (χ1n) is 9.12. The van der Waals surface area contributed by atoms with E-state index in [4.69, 9.17) is 0 Å². The second kappa shape index (κ2) is 9.55. The molecule has 0 bridgehead atoms. The molecule has 0 atom stereocenters. The molecule has 0 spiro atoms. The van der Waals surface area contributed by atoms with E-state index in [0.29, 0.717) is 13.1 Å². The molecule has 0 aliphatic carbocycles. The number of carbonyl (C=O) groups is 2. The van der Waals surface area contributed by atoms with E-state index in [1.54, 1.807) is 30.3 Å². The van der Waals surface area contributed by atoms with E-state index in [-0.39, 0.29) is 24.5 Å². The minimum absolute atomic E-state index is 0.0458. The predicted molar refractivity (Wildman–Crippen MR) is 111 cm³/mol. The van der Waals surface area contributed by atoms with E-state index in [9.17, 15) is 9.59 Å². The molecule has 1 heterocycles. The molecule has 0 N–H and O–H groups in total. The summed E-state index contributed by atoms with van der Waals surface area (Å²) in [6.45, 7) is 7.08. The van der Waals surface area contributed by atoms with Gasteiger partial charge in [0.2, 0.25) is 5.91 Å². The summed E-state index contributed by atoms with van der Waals surface area (Å²) in [6, 6.07) is 11.8. The summed E-state index contributed by atoms with van der Waals surface area (Å²) in [5, 5.41) is 2.05. The molecule has 0 saturated heterocycles. The second-order valence-corrected chi connectivity index (χ2v) is 8.16. The van der Waals surface area contributed by atoms with Crippen molar-refractivity contribution < 1.29 is 9.59 Å². The van der Waals surface area contributed by atoms with Crippen molar-refractivity contribution in [3.05, 3.63) is 57.8 Å². The van der Waals surface area contributed by atoms with Crippen LogP contribution in [0.15, 0.2) is 41.8 Å². The number of carbonyl (C=O) groups excluding carboxylic acids is 2. The molecule has 0 aliphatic heterocycles. The van der Waals surface area contributed by atoms with Crippen molar-refractivity contribution in [3.63, 3.8) is 0 Å². The zero-order valence-electron chi connectivity index (χ0n) is 16.8. The van der Waals surface area contributed by atoms with Gasteiger partial charge in [-0.25, -0.2) is 4.79 Å². The van der Waals surface area contributed by atoms with Crippen LogP contribution in [0.25, 0.3) is 0 Å². The predicted octanol–water partition coefficient (Wildman–Crippen LogP) is 3.98. The lowest BCUT2D eigenvalue weighted by Gasteiger charge is -2.32. The van der Waals surface area contributed by atoms with Crippen molar-refractivity contribution in [2.45, 2.75) is 39.9 Å². The molecule has 6 heteroatoms. The van der Waals surface area contributed by atoms with Gasteiger partial charge in [0, 0.05) is 31.6 Å².